The second kappa shape index (κ2) is 9.20. The standard InChI is InChI=1S/C24H29N3O4/c1-5-16-10-7-8-13-20(16)25-27-22-17(6-2)11-9-12-18(22)19(23(27)29)14-21(28)26(4)15(3)24(30)31/h7-13,15,19,25H,5-6,14H2,1-4H3,(H,30,31). The van der Waals surface area contributed by atoms with Gasteiger partial charge in [-0.15, -0.1) is 0 Å². The highest BCUT2D eigenvalue weighted by molar-refractivity contribution is 6.09. The Bertz CT molecular complexity index is 1000. The van der Waals surface area contributed by atoms with Crippen LogP contribution in [-0.2, 0) is 27.2 Å². The maximum atomic E-state index is 13.5. The van der Waals surface area contributed by atoms with Crippen molar-refractivity contribution in [3.63, 3.8) is 0 Å². The van der Waals surface area contributed by atoms with Crippen molar-refractivity contribution in [2.75, 3.05) is 17.5 Å². The van der Waals surface area contributed by atoms with E-state index in [0.29, 0.717) is 0 Å². The minimum absolute atomic E-state index is 0.0826. The van der Waals surface area contributed by atoms with Gasteiger partial charge in [-0.25, -0.2) is 9.80 Å². The zero-order valence-corrected chi connectivity index (χ0v) is 18.4. The van der Waals surface area contributed by atoms with Crippen LogP contribution in [0, 0.1) is 0 Å². The molecular formula is C24H29N3O4. The number of carbonyl (C=O) groups is 3. The van der Waals surface area contributed by atoms with Gasteiger partial charge < -0.3 is 10.0 Å². The van der Waals surface area contributed by atoms with E-state index >= 15 is 0 Å². The number of benzene rings is 2. The van der Waals surface area contributed by atoms with Crippen molar-refractivity contribution >= 4 is 29.2 Å². The number of para-hydroxylation sites is 2. The van der Waals surface area contributed by atoms with Gasteiger partial charge in [-0.1, -0.05) is 50.2 Å². The Morgan fingerprint density at radius 1 is 1.10 bits per heavy atom. The van der Waals surface area contributed by atoms with Crippen molar-refractivity contribution < 1.29 is 19.5 Å². The fourth-order valence-corrected chi connectivity index (χ4v) is 3.92. The van der Waals surface area contributed by atoms with Gasteiger partial charge in [0.15, 0.2) is 0 Å². The molecule has 2 aromatic rings. The van der Waals surface area contributed by atoms with Crippen molar-refractivity contribution in [2.24, 2.45) is 0 Å². The first kappa shape index (κ1) is 22.3. The molecule has 2 unspecified atom stereocenters. The summed E-state index contributed by atoms with van der Waals surface area (Å²) < 4.78 is 0. The molecule has 2 atom stereocenters. The fourth-order valence-electron chi connectivity index (χ4n) is 3.92. The number of nitrogens with zero attached hydrogens (tertiary/aromatic N) is 2. The lowest BCUT2D eigenvalue weighted by Crippen LogP contribution is -2.42. The molecule has 0 radical (unpaired) electrons. The van der Waals surface area contributed by atoms with Crippen molar-refractivity contribution in [2.45, 2.75) is 52.0 Å². The summed E-state index contributed by atoms with van der Waals surface area (Å²) in [6.45, 7) is 5.53. The highest BCUT2D eigenvalue weighted by atomic mass is 16.4. The minimum Gasteiger partial charge on any atom is -0.480 e. The van der Waals surface area contributed by atoms with Crippen LogP contribution in [0.2, 0.25) is 0 Å². The predicted octanol–water partition coefficient (Wildman–Crippen LogP) is 3.59. The SMILES string of the molecule is CCc1ccccc1NN1C(=O)C(CC(=O)N(C)C(C)C(=O)O)c2cccc(CC)c21. The number of likely N-dealkylation sites (N-methyl/N-ethyl adjacent to an activating group) is 1. The van der Waals surface area contributed by atoms with Gasteiger partial charge in [0.25, 0.3) is 5.91 Å². The van der Waals surface area contributed by atoms with Crippen LogP contribution in [0.25, 0.3) is 0 Å². The average molecular weight is 424 g/mol. The van der Waals surface area contributed by atoms with Crippen LogP contribution in [0.5, 0.6) is 0 Å². The van der Waals surface area contributed by atoms with Crippen molar-refractivity contribution in [1.82, 2.24) is 4.90 Å². The number of carboxylic acid groups (broad SMARTS) is 1. The van der Waals surface area contributed by atoms with Gasteiger partial charge in [0.05, 0.1) is 17.3 Å². The molecule has 0 saturated heterocycles. The van der Waals surface area contributed by atoms with Gasteiger partial charge in [0, 0.05) is 13.5 Å². The summed E-state index contributed by atoms with van der Waals surface area (Å²) in [6.07, 6.45) is 1.47. The Labute approximate surface area is 182 Å². The Morgan fingerprint density at radius 2 is 1.74 bits per heavy atom. The molecular weight excluding hydrogens is 394 g/mol. The summed E-state index contributed by atoms with van der Waals surface area (Å²) in [4.78, 5) is 38.7. The van der Waals surface area contributed by atoms with Gasteiger partial charge in [-0.05, 0) is 42.5 Å². The van der Waals surface area contributed by atoms with E-state index in [4.69, 9.17) is 0 Å². The van der Waals surface area contributed by atoms with E-state index in [1.807, 2.05) is 49.4 Å². The number of amides is 2. The molecule has 2 amide bonds. The zero-order chi connectivity index (χ0) is 22.7. The van der Waals surface area contributed by atoms with Crippen LogP contribution in [0.1, 0.15) is 49.8 Å². The molecule has 0 spiro atoms. The smallest absolute Gasteiger partial charge is 0.326 e. The van der Waals surface area contributed by atoms with Crippen LogP contribution >= 0.6 is 0 Å². The molecule has 1 aliphatic heterocycles. The number of hydrazine groups is 1. The number of aryl methyl sites for hydroxylation is 2. The third-order valence-corrected chi connectivity index (χ3v) is 5.99. The highest BCUT2D eigenvalue weighted by Gasteiger charge is 2.41. The molecule has 1 aliphatic rings. The zero-order valence-electron chi connectivity index (χ0n) is 18.4. The summed E-state index contributed by atoms with van der Waals surface area (Å²) in [5, 5.41) is 10.8. The number of fused-ring (bicyclic) bond motifs is 1. The summed E-state index contributed by atoms with van der Waals surface area (Å²) in [6, 6.07) is 12.6. The second-order valence-corrected chi connectivity index (χ2v) is 7.78. The third kappa shape index (κ3) is 4.26. The van der Waals surface area contributed by atoms with Gasteiger partial charge in [-0.3, -0.25) is 15.0 Å². The molecule has 3 rings (SSSR count). The van der Waals surface area contributed by atoms with E-state index in [2.05, 4.69) is 12.3 Å². The maximum Gasteiger partial charge on any atom is 0.326 e. The Balaban J connectivity index is 1.96. The molecule has 2 N–H and O–H groups in total. The van der Waals surface area contributed by atoms with E-state index in [0.717, 1.165) is 40.9 Å². The molecule has 31 heavy (non-hydrogen) atoms. The highest BCUT2D eigenvalue weighted by Crippen LogP contribution is 2.42. The number of anilines is 2. The number of aliphatic carboxylic acids is 1. The lowest BCUT2D eigenvalue weighted by Gasteiger charge is -2.24. The minimum atomic E-state index is -1.08. The first-order valence-corrected chi connectivity index (χ1v) is 10.6. The van der Waals surface area contributed by atoms with E-state index < -0.39 is 17.9 Å². The summed E-state index contributed by atoms with van der Waals surface area (Å²) >= 11 is 0. The van der Waals surface area contributed by atoms with Crippen molar-refractivity contribution in [3.05, 3.63) is 59.2 Å². The van der Waals surface area contributed by atoms with Gasteiger partial charge in [-0.2, -0.15) is 0 Å². The van der Waals surface area contributed by atoms with E-state index in [9.17, 15) is 19.5 Å². The van der Waals surface area contributed by atoms with Crippen LogP contribution in [0.4, 0.5) is 11.4 Å². The Morgan fingerprint density at radius 3 is 2.39 bits per heavy atom. The van der Waals surface area contributed by atoms with Crippen molar-refractivity contribution in [1.29, 1.82) is 0 Å². The van der Waals surface area contributed by atoms with E-state index in [-0.39, 0.29) is 18.2 Å². The predicted molar refractivity (Wildman–Crippen MR) is 120 cm³/mol. The lowest BCUT2D eigenvalue weighted by atomic mass is 9.94. The number of nitrogens with one attached hydrogen (secondary N) is 1. The summed E-state index contributed by atoms with van der Waals surface area (Å²) in [5.74, 6) is -2.34. The number of hydrogen-bond donors (Lipinski definition) is 2. The Kier molecular flexibility index (Phi) is 6.63. The number of rotatable bonds is 8. The normalized spacial score (nSPS) is 16.1. The largest absolute Gasteiger partial charge is 0.480 e. The first-order valence-electron chi connectivity index (χ1n) is 10.6. The molecule has 164 valence electrons. The lowest BCUT2D eigenvalue weighted by molar-refractivity contribution is -0.148. The average Bonchev–Trinajstić information content (AvgIpc) is 3.04. The van der Waals surface area contributed by atoms with E-state index in [1.54, 1.807) is 5.01 Å². The van der Waals surface area contributed by atoms with Crippen LogP contribution in [-0.4, -0.2) is 40.9 Å². The molecule has 0 bridgehead atoms. The van der Waals surface area contributed by atoms with Crippen LogP contribution in [0.3, 0.4) is 0 Å². The number of hydrogen-bond acceptors (Lipinski definition) is 4. The Hall–Kier alpha value is -3.35. The third-order valence-electron chi connectivity index (χ3n) is 5.99. The van der Waals surface area contributed by atoms with E-state index in [1.165, 1.54) is 18.9 Å². The first-order chi connectivity index (χ1) is 14.8. The molecule has 7 nitrogen and oxygen atoms in total. The van der Waals surface area contributed by atoms with Gasteiger partial charge in [0.1, 0.15) is 6.04 Å². The van der Waals surface area contributed by atoms with Crippen LogP contribution in [0.15, 0.2) is 42.5 Å². The topological polar surface area (TPSA) is 90.0 Å². The molecule has 0 aromatic heterocycles. The van der Waals surface area contributed by atoms with Crippen LogP contribution < -0.4 is 10.4 Å². The molecule has 0 aliphatic carbocycles. The number of carboxylic acids is 1. The molecule has 0 fully saturated rings. The monoisotopic (exact) mass is 423 g/mol. The van der Waals surface area contributed by atoms with Gasteiger partial charge >= 0.3 is 5.97 Å². The molecule has 1 heterocycles. The van der Waals surface area contributed by atoms with Gasteiger partial charge in [0.2, 0.25) is 5.91 Å². The summed E-state index contributed by atoms with van der Waals surface area (Å²) in [7, 11) is 1.46. The molecule has 0 saturated carbocycles. The quantitative estimate of drug-likeness (QED) is 0.677. The summed E-state index contributed by atoms with van der Waals surface area (Å²) in [5.41, 5.74) is 7.79. The fraction of sp³-hybridized carbons (Fsp3) is 0.375. The maximum absolute atomic E-state index is 13.5. The second-order valence-electron chi connectivity index (χ2n) is 7.78. The molecule has 7 heteroatoms. The van der Waals surface area contributed by atoms with Crippen molar-refractivity contribution in [3.8, 4) is 0 Å². The molecule has 2 aromatic carbocycles. The number of carbonyl (C=O) groups excluding carboxylic acids is 2.